The summed E-state index contributed by atoms with van der Waals surface area (Å²) in [6.45, 7) is 0. The number of nitriles is 1. The van der Waals surface area contributed by atoms with Crippen molar-refractivity contribution >= 4 is 22.4 Å². The molecular formula is C20H13F2N3OS. The Morgan fingerprint density at radius 2 is 1.96 bits per heavy atom. The van der Waals surface area contributed by atoms with Crippen LogP contribution in [0.15, 0.2) is 36.4 Å². The largest absolute Gasteiger partial charge is 0.298 e. The van der Waals surface area contributed by atoms with Gasteiger partial charge in [0.05, 0.1) is 22.2 Å². The Kier molecular flexibility index (Phi) is 4.42. The van der Waals surface area contributed by atoms with Gasteiger partial charge in [0.2, 0.25) is 0 Å². The van der Waals surface area contributed by atoms with E-state index in [1.807, 2.05) is 12.1 Å². The lowest BCUT2D eigenvalue weighted by Gasteiger charge is -2.06. The summed E-state index contributed by atoms with van der Waals surface area (Å²) >= 11 is 1.27. The van der Waals surface area contributed by atoms with E-state index in [-0.39, 0.29) is 0 Å². The van der Waals surface area contributed by atoms with Crippen LogP contribution in [0, 0.1) is 23.0 Å². The van der Waals surface area contributed by atoms with Crippen molar-refractivity contribution in [3.8, 4) is 16.5 Å². The third kappa shape index (κ3) is 3.20. The number of fused-ring (bicyclic) bond motifs is 3. The number of nitrogens with one attached hydrogen (secondary N) is 1. The van der Waals surface area contributed by atoms with Crippen molar-refractivity contribution in [1.29, 1.82) is 5.26 Å². The molecule has 0 spiro atoms. The van der Waals surface area contributed by atoms with E-state index in [4.69, 9.17) is 5.26 Å². The molecule has 27 heavy (non-hydrogen) atoms. The molecule has 0 radical (unpaired) electrons. The summed E-state index contributed by atoms with van der Waals surface area (Å²) in [7, 11) is 0. The van der Waals surface area contributed by atoms with Crippen LogP contribution in [0.2, 0.25) is 0 Å². The molecule has 4 nitrogen and oxygen atoms in total. The van der Waals surface area contributed by atoms with Crippen LogP contribution in [0.5, 0.6) is 0 Å². The summed E-state index contributed by atoms with van der Waals surface area (Å²) in [6, 6.07) is 10.9. The molecule has 0 bridgehead atoms. The van der Waals surface area contributed by atoms with Crippen LogP contribution >= 0.6 is 11.3 Å². The fraction of sp³-hybridized carbons (Fsp3) is 0.150. The van der Waals surface area contributed by atoms with Gasteiger partial charge in [-0.25, -0.2) is 13.8 Å². The van der Waals surface area contributed by atoms with Crippen molar-refractivity contribution < 1.29 is 13.6 Å². The molecule has 4 rings (SSSR count). The summed E-state index contributed by atoms with van der Waals surface area (Å²) in [5.41, 5.74) is 2.87. The first-order valence-corrected chi connectivity index (χ1v) is 9.17. The summed E-state index contributed by atoms with van der Waals surface area (Å²) < 4.78 is 27.6. The van der Waals surface area contributed by atoms with Crippen molar-refractivity contribution in [2.45, 2.75) is 19.3 Å². The van der Waals surface area contributed by atoms with Crippen LogP contribution in [0.4, 0.5) is 13.9 Å². The summed E-state index contributed by atoms with van der Waals surface area (Å²) in [6.07, 6.45) is 2.44. The Morgan fingerprint density at radius 1 is 1.19 bits per heavy atom. The number of carbonyl (C=O) groups excluding carboxylic acids is 1. The van der Waals surface area contributed by atoms with Gasteiger partial charge in [0, 0.05) is 0 Å². The minimum atomic E-state index is -0.917. The standard InChI is InChI=1S/C20H13F2N3OS/c21-14-4-2-5-15(22)17(14)19(26)25-20-24-16-6-1-3-12-9-11(10-23)7-8-13(12)18(16)27-20/h2,4-5,7-9H,1,3,6H2,(H,24,25,26). The van der Waals surface area contributed by atoms with Crippen LogP contribution in [0.3, 0.4) is 0 Å². The number of benzene rings is 2. The zero-order valence-corrected chi connectivity index (χ0v) is 14.9. The van der Waals surface area contributed by atoms with E-state index >= 15 is 0 Å². The number of thiazole rings is 1. The highest BCUT2D eigenvalue weighted by Gasteiger charge is 2.22. The van der Waals surface area contributed by atoms with Crippen LogP contribution in [0.25, 0.3) is 10.4 Å². The molecule has 7 heteroatoms. The van der Waals surface area contributed by atoms with Crippen LogP contribution in [-0.2, 0) is 12.8 Å². The second-order valence-electron chi connectivity index (χ2n) is 6.18. The second-order valence-corrected chi connectivity index (χ2v) is 7.18. The Labute approximate surface area is 158 Å². The average Bonchev–Trinajstić information content (AvgIpc) is 2.95. The van der Waals surface area contributed by atoms with E-state index in [0.29, 0.717) is 10.7 Å². The molecule has 1 N–H and O–H groups in total. The number of hydrogen-bond acceptors (Lipinski definition) is 4. The Hall–Kier alpha value is -3.11. The van der Waals surface area contributed by atoms with Crippen molar-refractivity contribution in [2.24, 2.45) is 0 Å². The van der Waals surface area contributed by atoms with Gasteiger partial charge in [-0.2, -0.15) is 5.26 Å². The normalized spacial score (nSPS) is 12.5. The van der Waals surface area contributed by atoms with Gasteiger partial charge in [-0.15, -0.1) is 0 Å². The molecule has 0 atom stereocenters. The zero-order chi connectivity index (χ0) is 19.0. The van der Waals surface area contributed by atoms with Crippen molar-refractivity contribution in [3.63, 3.8) is 0 Å². The molecule has 0 fully saturated rings. The lowest BCUT2D eigenvalue weighted by Crippen LogP contribution is -2.15. The Bertz CT molecular complexity index is 1080. The van der Waals surface area contributed by atoms with E-state index in [1.165, 1.54) is 17.4 Å². The molecule has 1 aliphatic rings. The summed E-state index contributed by atoms with van der Waals surface area (Å²) in [4.78, 5) is 17.7. The molecule has 2 aromatic carbocycles. The van der Waals surface area contributed by atoms with E-state index in [1.54, 1.807) is 6.07 Å². The minimum absolute atomic E-state index is 0.296. The topological polar surface area (TPSA) is 65.8 Å². The maximum absolute atomic E-state index is 13.8. The first-order valence-electron chi connectivity index (χ1n) is 8.35. The molecule has 3 aromatic rings. The molecule has 134 valence electrons. The SMILES string of the molecule is N#Cc1ccc2c(c1)CCCc1nc(NC(=O)c3c(F)cccc3F)sc1-2. The van der Waals surface area contributed by atoms with Gasteiger partial charge in [0.1, 0.15) is 17.2 Å². The Morgan fingerprint density at radius 3 is 2.70 bits per heavy atom. The van der Waals surface area contributed by atoms with Gasteiger partial charge in [-0.1, -0.05) is 23.5 Å². The van der Waals surface area contributed by atoms with Gasteiger partial charge < -0.3 is 0 Å². The second kappa shape index (κ2) is 6.89. The van der Waals surface area contributed by atoms with E-state index in [0.717, 1.165) is 53.1 Å². The van der Waals surface area contributed by atoms with Gasteiger partial charge in [0.15, 0.2) is 5.13 Å². The van der Waals surface area contributed by atoms with Crippen molar-refractivity contribution in [2.75, 3.05) is 5.32 Å². The quantitative estimate of drug-likeness (QED) is 0.700. The van der Waals surface area contributed by atoms with Gasteiger partial charge in [-0.05, 0) is 54.7 Å². The predicted molar refractivity (Wildman–Crippen MR) is 98.6 cm³/mol. The van der Waals surface area contributed by atoms with Gasteiger partial charge in [0.25, 0.3) is 5.91 Å². The number of halogens is 2. The van der Waals surface area contributed by atoms with E-state index < -0.39 is 23.1 Å². The van der Waals surface area contributed by atoms with Crippen molar-refractivity contribution in [1.82, 2.24) is 4.98 Å². The number of hydrogen-bond donors (Lipinski definition) is 1. The Balaban J connectivity index is 1.69. The third-order valence-corrected chi connectivity index (χ3v) is 5.49. The number of nitrogens with zero attached hydrogens (tertiary/aromatic N) is 2. The summed E-state index contributed by atoms with van der Waals surface area (Å²) in [5.74, 6) is -2.70. The van der Waals surface area contributed by atoms with Crippen LogP contribution < -0.4 is 5.32 Å². The average molecular weight is 381 g/mol. The fourth-order valence-electron chi connectivity index (χ4n) is 3.20. The molecular weight excluding hydrogens is 368 g/mol. The smallest absolute Gasteiger partial charge is 0.263 e. The van der Waals surface area contributed by atoms with Crippen molar-refractivity contribution in [3.05, 3.63) is 70.4 Å². The molecule has 0 saturated carbocycles. The minimum Gasteiger partial charge on any atom is -0.298 e. The maximum atomic E-state index is 13.8. The van der Waals surface area contributed by atoms with Crippen LogP contribution in [-0.4, -0.2) is 10.9 Å². The number of aryl methyl sites for hydroxylation is 2. The lowest BCUT2D eigenvalue weighted by molar-refractivity contribution is 0.101. The number of amides is 1. The van der Waals surface area contributed by atoms with E-state index in [2.05, 4.69) is 16.4 Å². The number of anilines is 1. The molecule has 0 saturated heterocycles. The highest BCUT2D eigenvalue weighted by molar-refractivity contribution is 7.19. The highest BCUT2D eigenvalue weighted by atomic mass is 32.1. The van der Waals surface area contributed by atoms with Crippen LogP contribution in [0.1, 0.15) is 33.6 Å². The monoisotopic (exact) mass is 381 g/mol. The fourth-order valence-corrected chi connectivity index (χ4v) is 4.26. The molecule has 0 aliphatic heterocycles. The number of carbonyl (C=O) groups is 1. The first kappa shape index (κ1) is 17.3. The van der Waals surface area contributed by atoms with E-state index in [9.17, 15) is 13.6 Å². The first-order chi connectivity index (χ1) is 13.1. The zero-order valence-electron chi connectivity index (χ0n) is 14.1. The molecule has 1 heterocycles. The number of aromatic nitrogens is 1. The molecule has 1 amide bonds. The predicted octanol–water partition coefficient (Wildman–Crippen LogP) is 4.70. The molecule has 1 aliphatic carbocycles. The molecule has 1 aromatic heterocycles. The lowest BCUT2D eigenvalue weighted by atomic mass is 10.0. The summed E-state index contributed by atoms with van der Waals surface area (Å²) in [5, 5.41) is 11.9. The number of rotatable bonds is 2. The highest BCUT2D eigenvalue weighted by Crippen LogP contribution is 2.39. The third-order valence-electron chi connectivity index (χ3n) is 4.45. The van der Waals surface area contributed by atoms with Gasteiger partial charge >= 0.3 is 0 Å². The molecule has 0 unspecified atom stereocenters. The maximum Gasteiger partial charge on any atom is 0.263 e. The van der Waals surface area contributed by atoms with Gasteiger partial charge in [-0.3, -0.25) is 10.1 Å².